The third-order valence-electron chi connectivity index (χ3n) is 3.40. The lowest BCUT2D eigenvalue weighted by atomic mass is 9.96. The maximum Gasteiger partial charge on any atom is 0.338 e. The first-order valence-corrected chi connectivity index (χ1v) is 7.08. The smallest absolute Gasteiger partial charge is 0.338 e. The summed E-state index contributed by atoms with van der Waals surface area (Å²) in [4.78, 5) is 12.2. The number of carbonyl (C=O) groups is 1. The lowest BCUT2D eigenvalue weighted by molar-refractivity contribution is -0.136. The molecule has 2 heterocycles. The molecule has 7 nitrogen and oxygen atoms in total. The number of methoxy groups -OCH3 is 1. The fraction of sp³-hybridized carbons (Fsp3) is 0.231. The van der Waals surface area contributed by atoms with Gasteiger partial charge in [0.25, 0.3) is 0 Å². The standard InChI is InChI=1S/C13H11Cl2N5O2/c1-6-9(12(21)22-2)11(20-13(16-6)17-18-19-20)7-4-3-5-8(14)10(7)15/h3-5,11H,1-2H3,(H,16,17,19). The van der Waals surface area contributed by atoms with E-state index >= 15 is 0 Å². The third-order valence-corrected chi connectivity index (χ3v) is 4.23. The van der Waals surface area contributed by atoms with Gasteiger partial charge in [-0.15, -0.1) is 0 Å². The predicted octanol–water partition coefficient (Wildman–Crippen LogP) is 2.44. The minimum Gasteiger partial charge on any atom is -0.466 e. The Kier molecular flexibility index (Phi) is 3.76. The van der Waals surface area contributed by atoms with E-state index in [1.807, 2.05) is 0 Å². The molecule has 0 saturated heterocycles. The molecule has 0 radical (unpaired) electrons. The molecule has 0 bridgehead atoms. The number of aromatic nitrogens is 4. The topological polar surface area (TPSA) is 81.9 Å². The second kappa shape index (κ2) is 5.58. The van der Waals surface area contributed by atoms with E-state index in [0.717, 1.165) is 0 Å². The number of halogens is 2. The zero-order valence-electron chi connectivity index (χ0n) is 11.7. The molecule has 0 aliphatic carbocycles. The van der Waals surface area contributed by atoms with E-state index in [2.05, 4.69) is 20.8 Å². The Labute approximate surface area is 135 Å². The van der Waals surface area contributed by atoms with Crippen LogP contribution in [0.4, 0.5) is 5.95 Å². The average Bonchev–Trinajstić information content (AvgIpc) is 2.96. The van der Waals surface area contributed by atoms with Crippen molar-refractivity contribution in [2.24, 2.45) is 0 Å². The van der Waals surface area contributed by atoms with Crippen molar-refractivity contribution in [3.63, 3.8) is 0 Å². The van der Waals surface area contributed by atoms with E-state index in [1.54, 1.807) is 25.1 Å². The number of benzene rings is 1. The first-order valence-electron chi connectivity index (χ1n) is 6.32. The molecule has 1 aliphatic heterocycles. The monoisotopic (exact) mass is 339 g/mol. The van der Waals surface area contributed by atoms with Crippen LogP contribution in [0.15, 0.2) is 29.5 Å². The van der Waals surface area contributed by atoms with Gasteiger partial charge in [0.05, 0.1) is 22.7 Å². The van der Waals surface area contributed by atoms with Crippen LogP contribution in [0.5, 0.6) is 0 Å². The van der Waals surface area contributed by atoms with Crippen LogP contribution in [0.1, 0.15) is 18.5 Å². The van der Waals surface area contributed by atoms with Gasteiger partial charge in [-0.2, -0.15) is 4.68 Å². The van der Waals surface area contributed by atoms with Gasteiger partial charge in [0.2, 0.25) is 5.95 Å². The van der Waals surface area contributed by atoms with Crippen LogP contribution in [0.3, 0.4) is 0 Å². The molecule has 1 N–H and O–H groups in total. The molecule has 22 heavy (non-hydrogen) atoms. The number of hydrogen-bond donors (Lipinski definition) is 1. The highest BCUT2D eigenvalue weighted by Gasteiger charge is 2.36. The van der Waals surface area contributed by atoms with Gasteiger partial charge in [-0.3, -0.25) is 0 Å². The predicted molar refractivity (Wildman–Crippen MR) is 80.8 cm³/mol. The van der Waals surface area contributed by atoms with E-state index in [-0.39, 0.29) is 0 Å². The molecule has 3 rings (SSSR count). The van der Waals surface area contributed by atoms with Gasteiger partial charge < -0.3 is 10.1 Å². The SMILES string of the molecule is COC(=O)C1=C(C)Nc2nnnn2C1c1cccc(Cl)c1Cl. The molecule has 0 saturated carbocycles. The number of tetrazole rings is 1. The first-order chi connectivity index (χ1) is 10.5. The summed E-state index contributed by atoms with van der Waals surface area (Å²) in [6.07, 6.45) is 0. The largest absolute Gasteiger partial charge is 0.466 e. The number of carbonyl (C=O) groups excluding carboxylic acids is 1. The number of rotatable bonds is 2. The van der Waals surface area contributed by atoms with E-state index in [0.29, 0.717) is 32.8 Å². The van der Waals surface area contributed by atoms with Crippen LogP contribution in [-0.4, -0.2) is 33.3 Å². The second-order valence-corrected chi connectivity index (χ2v) is 5.43. The lowest BCUT2D eigenvalue weighted by Gasteiger charge is -2.27. The van der Waals surface area contributed by atoms with Gasteiger partial charge in [0.15, 0.2) is 0 Å². The number of ether oxygens (including phenoxy) is 1. The molecule has 1 atom stereocenters. The van der Waals surface area contributed by atoms with Crippen LogP contribution in [0.25, 0.3) is 0 Å². The molecule has 1 aliphatic rings. The van der Waals surface area contributed by atoms with Crippen molar-refractivity contribution in [2.75, 3.05) is 12.4 Å². The summed E-state index contributed by atoms with van der Waals surface area (Å²) in [5, 5.41) is 15.1. The maximum absolute atomic E-state index is 12.2. The van der Waals surface area contributed by atoms with Crippen molar-refractivity contribution in [3.8, 4) is 0 Å². The molecular formula is C13H11Cl2N5O2. The minimum absolute atomic E-state index is 0.340. The van der Waals surface area contributed by atoms with Gasteiger partial charge in [0.1, 0.15) is 6.04 Å². The molecular weight excluding hydrogens is 329 g/mol. The minimum atomic E-state index is -0.620. The molecule has 0 fully saturated rings. The summed E-state index contributed by atoms with van der Waals surface area (Å²) in [5.74, 6) is -0.0848. The van der Waals surface area contributed by atoms with Gasteiger partial charge in [-0.1, -0.05) is 40.4 Å². The number of anilines is 1. The Balaban J connectivity index is 2.25. The Hall–Kier alpha value is -2.12. The number of nitrogens with one attached hydrogen (secondary N) is 1. The van der Waals surface area contributed by atoms with Crippen molar-refractivity contribution in [1.82, 2.24) is 20.2 Å². The zero-order valence-corrected chi connectivity index (χ0v) is 13.2. The number of fused-ring (bicyclic) bond motifs is 1. The summed E-state index contributed by atoms with van der Waals surface area (Å²) in [5.41, 5.74) is 1.57. The Morgan fingerprint density at radius 1 is 1.41 bits per heavy atom. The van der Waals surface area contributed by atoms with Crippen molar-refractivity contribution in [1.29, 1.82) is 0 Å². The van der Waals surface area contributed by atoms with Crippen LogP contribution in [0, 0.1) is 0 Å². The summed E-state index contributed by atoms with van der Waals surface area (Å²) in [7, 11) is 1.31. The molecule has 0 amide bonds. The van der Waals surface area contributed by atoms with Crippen molar-refractivity contribution in [3.05, 3.63) is 45.1 Å². The number of hydrogen-bond acceptors (Lipinski definition) is 6. The fourth-order valence-corrected chi connectivity index (χ4v) is 2.82. The summed E-state index contributed by atoms with van der Waals surface area (Å²) >= 11 is 12.4. The molecule has 114 valence electrons. The van der Waals surface area contributed by atoms with Crippen LogP contribution >= 0.6 is 23.2 Å². The molecule has 0 spiro atoms. The van der Waals surface area contributed by atoms with Gasteiger partial charge in [-0.05, 0) is 23.4 Å². The summed E-state index contributed by atoms with van der Waals surface area (Å²) in [6, 6.07) is 4.57. The lowest BCUT2D eigenvalue weighted by Crippen LogP contribution is -2.29. The highest BCUT2D eigenvalue weighted by Crippen LogP contribution is 2.39. The Morgan fingerprint density at radius 2 is 2.18 bits per heavy atom. The van der Waals surface area contributed by atoms with E-state index in [9.17, 15) is 4.79 Å². The second-order valence-electron chi connectivity index (χ2n) is 4.65. The van der Waals surface area contributed by atoms with Crippen molar-refractivity contribution < 1.29 is 9.53 Å². The molecule has 1 aromatic carbocycles. The molecule has 1 unspecified atom stereocenters. The third kappa shape index (κ3) is 2.22. The van der Waals surface area contributed by atoms with E-state index in [1.165, 1.54) is 11.8 Å². The van der Waals surface area contributed by atoms with E-state index < -0.39 is 12.0 Å². The van der Waals surface area contributed by atoms with Crippen LogP contribution in [-0.2, 0) is 9.53 Å². The van der Waals surface area contributed by atoms with Crippen molar-refractivity contribution >= 4 is 35.1 Å². The van der Waals surface area contributed by atoms with Gasteiger partial charge >= 0.3 is 5.97 Å². The van der Waals surface area contributed by atoms with E-state index in [4.69, 9.17) is 27.9 Å². The molecule has 2 aromatic rings. The molecule has 9 heteroatoms. The summed E-state index contributed by atoms with van der Waals surface area (Å²) in [6.45, 7) is 1.75. The highest BCUT2D eigenvalue weighted by atomic mass is 35.5. The first kappa shape index (κ1) is 14.8. The van der Waals surface area contributed by atoms with Crippen LogP contribution < -0.4 is 5.32 Å². The number of nitrogens with zero attached hydrogens (tertiary/aromatic N) is 4. The maximum atomic E-state index is 12.2. The molecule has 1 aromatic heterocycles. The Morgan fingerprint density at radius 3 is 2.91 bits per heavy atom. The normalized spacial score (nSPS) is 17.0. The fourth-order valence-electron chi connectivity index (χ4n) is 2.41. The highest BCUT2D eigenvalue weighted by molar-refractivity contribution is 6.42. The summed E-state index contributed by atoms with van der Waals surface area (Å²) < 4.78 is 6.35. The van der Waals surface area contributed by atoms with Crippen molar-refractivity contribution in [2.45, 2.75) is 13.0 Å². The van der Waals surface area contributed by atoms with Gasteiger partial charge in [0, 0.05) is 11.3 Å². The van der Waals surface area contributed by atoms with Crippen LogP contribution in [0.2, 0.25) is 10.0 Å². The van der Waals surface area contributed by atoms with Gasteiger partial charge in [-0.25, -0.2) is 4.79 Å². The number of esters is 1. The average molecular weight is 340 g/mol. The number of allylic oxidation sites excluding steroid dienone is 1. The quantitative estimate of drug-likeness (QED) is 0.846. The Bertz CT molecular complexity index is 786. The zero-order chi connectivity index (χ0) is 15.9.